The van der Waals surface area contributed by atoms with Gasteiger partial charge in [0.05, 0.1) is 11.0 Å². The summed E-state index contributed by atoms with van der Waals surface area (Å²) in [6.45, 7) is 17.9. The molecule has 0 radical (unpaired) electrons. The summed E-state index contributed by atoms with van der Waals surface area (Å²) in [4.78, 5) is 11.3. The van der Waals surface area contributed by atoms with Crippen molar-refractivity contribution in [3.63, 3.8) is 0 Å². The Morgan fingerprint density at radius 3 is 2.22 bits per heavy atom. The van der Waals surface area contributed by atoms with Gasteiger partial charge in [0, 0.05) is 38.8 Å². The fourth-order valence-corrected chi connectivity index (χ4v) is 4.18. The predicted molar refractivity (Wildman–Crippen MR) is 95.2 cm³/mol. The van der Waals surface area contributed by atoms with Gasteiger partial charge in [-0.25, -0.2) is 4.79 Å². The van der Waals surface area contributed by atoms with E-state index in [1.807, 2.05) is 12.1 Å². The number of carboxylic acid groups (broad SMARTS) is 1. The number of fused-ring (bicyclic) bond motifs is 1. The van der Waals surface area contributed by atoms with E-state index in [2.05, 4.69) is 60.0 Å². The highest BCUT2D eigenvalue weighted by Crippen LogP contribution is 2.45. The fourth-order valence-electron chi connectivity index (χ4n) is 4.18. The second kappa shape index (κ2) is 5.19. The van der Waals surface area contributed by atoms with Crippen molar-refractivity contribution in [2.45, 2.75) is 72.8 Å². The summed E-state index contributed by atoms with van der Waals surface area (Å²) < 4.78 is 2.42. The molecule has 1 heterocycles. The molecule has 126 valence electrons. The Morgan fingerprint density at radius 2 is 1.74 bits per heavy atom. The Morgan fingerprint density at radius 1 is 1.17 bits per heavy atom. The average molecular weight is 316 g/mol. The second-order valence-corrected chi connectivity index (χ2v) is 9.13. The molecule has 0 bridgehead atoms. The number of hydrogen-bond donors (Lipinski definition) is 1. The van der Waals surface area contributed by atoms with Crippen LogP contribution < -0.4 is 0 Å². The van der Waals surface area contributed by atoms with Crippen LogP contribution in [0.5, 0.6) is 0 Å². The van der Waals surface area contributed by atoms with Crippen LogP contribution in [0.25, 0.3) is 0 Å². The third-order valence-corrected chi connectivity index (χ3v) is 4.97. The topological polar surface area (TPSA) is 40.3 Å². The highest BCUT2D eigenvalue weighted by Gasteiger charge is 2.49. The first kappa shape index (κ1) is 17.7. The standard InChI is InChI=1S/C20H29NO2/c1-13-20(7,8)15-11-14(17(22)23)9-10-16(15)21(13)19(5,6)12-18(2,3)4/h9-11H,12H2,1-8H3/p+1. The van der Waals surface area contributed by atoms with Crippen LogP contribution in [-0.2, 0) is 5.41 Å². The van der Waals surface area contributed by atoms with Crippen LogP contribution in [0.15, 0.2) is 18.2 Å². The van der Waals surface area contributed by atoms with Crippen molar-refractivity contribution in [1.29, 1.82) is 0 Å². The van der Waals surface area contributed by atoms with Crippen molar-refractivity contribution in [3.05, 3.63) is 29.3 Å². The van der Waals surface area contributed by atoms with Crippen molar-refractivity contribution >= 4 is 17.4 Å². The number of nitrogens with zero attached hydrogens (tertiary/aromatic N) is 1. The van der Waals surface area contributed by atoms with E-state index in [9.17, 15) is 9.90 Å². The molecule has 3 heteroatoms. The van der Waals surface area contributed by atoms with Gasteiger partial charge in [0.25, 0.3) is 0 Å². The SMILES string of the molecule is CC1=[N+](C(C)(C)CC(C)(C)C)c2ccc(C(=O)O)cc2C1(C)C. The van der Waals surface area contributed by atoms with Gasteiger partial charge in [-0.05, 0) is 31.4 Å². The molecule has 1 aromatic rings. The highest BCUT2D eigenvalue weighted by atomic mass is 16.4. The van der Waals surface area contributed by atoms with Crippen molar-refractivity contribution in [1.82, 2.24) is 0 Å². The maximum Gasteiger partial charge on any atom is 0.335 e. The zero-order valence-corrected chi connectivity index (χ0v) is 15.7. The maximum absolute atomic E-state index is 11.3. The van der Waals surface area contributed by atoms with Crippen LogP contribution in [-0.4, -0.2) is 26.9 Å². The molecule has 1 aliphatic heterocycles. The molecule has 1 aromatic carbocycles. The Kier molecular flexibility index (Phi) is 3.99. The molecule has 0 saturated carbocycles. The quantitative estimate of drug-likeness (QED) is 0.798. The van der Waals surface area contributed by atoms with E-state index in [0.717, 1.165) is 17.7 Å². The first-order valence-electron chi connectivity index (χ1n) is 8.29. The normalized spacial score (nSPS) is 17.4. The predicted octanol–water partition coefficient (Wildman–Crippen LogP) is 5.00. The number of aromatic carboxylic acids is 1. The molecule has 0 fully saturated rings. The van der Waals surface area contributed by atoms with Gasteiger partial charge in [-0.1, -0.05) is 20.8 Å². The number of carboxylic acids is 1. The van der Waals surface area contributed by atoms with Gasteiger partial charge >= 0.3 is 5.97 Å². The van der Waals surface area contributed by atoms with E-state index >= 15 is 0 Å². The van der Waals surface area contributed by atoms with Crippen LogP contribution in [0.4, 0.5) is 5.69 Å². The molecule has 1 aliphatic rings. The number of carbonyl (C=O) groups is 1. The molecule has 3 nitrogen and oxygen atoms in total. The molecular formula is C20H30NO2+. The minimum absolute atomic E-state index is 0.0321. The smallest absolute Gasteiger partial charge is 0.335 e. The maximum atomic E-state index is 11.3. The van der Waals surface area contributed by atoms with Gasteiger partial charge < -0.3 is 5.11 Å². The summed E-state index contributed by atoms with van der Waals surface area (Å²) in [5.41, 5.74) is 3.93. The van der Waals surface area contributed by atoms with Crippen molar-refractivity contribution in [2.75, 3.05) is 0 Å². The Balaban J connectivity index is 2.64. The van der Waals surface area contributed by atoms with E-state index < -0.39 is 5.97 Å². The molecule has 1 N–H and O–H groups in total. The number of rotatable bonds is 3. The van der Waals surface area contributed by atoms with Crippen LogP contribution in [0.3, 0.4) is 0 Å². The fraction of sp³-hybridized carbons (Fsp3) is 0.600. The average Bonchev–Trinajstić information content (AvgIpc) is 2.54. The Labute approximate surface area is 140 Å². The van der Waals surface area contributed by atoms with Crippen LogP contribution in [0.2, 0.25) is 0 Å². The third-order valence-electron chi connectivity index (χ3n) is 4.97. The minimum atomic E-state index is -0.867. The van der Waals surface area contributed by atoms with Crippen LogP contribution in [0.1, 0.15) is 77.7 Å². The molecule has 0 spiro atoms. The first-order valence-corrected chi connectivity index (χ1v) is 8.29. The van der Waals surface area contributed by atoms with Gasteiger partial charge in [-0.3, -0.25) is 0 Å². The zero-order valence-electron chi connectivity index (χ0n) is 15.7. The molecular weight excluding hydrogens is 286 g/mol. The van der Waals surface area contributed by atoms with Gasteiger partial charge in [0.2, 0.25) is 5.69 Å². The van der Waals surface area contributed by atoms with Gasteiger partial charge in [0.1, 0.15) is 0 Å². The van der Waals surface area contributed by atoms with E-state index in [1.54, 1.807) is 6.07 Å². The van der Waals surface area contributed by atoms with Gasteiger partial charge in [0.15, 0.2) is 11.3 Å². The first-order chi connectivity index (χ1) is 10.3. The lowest BCUT2D eigenvalue weighted by Gasteiger charge is -2.30. The van der Waals surface area contributed by atoms with Gasteiger partial charge in [-0.15, -0.1) is 0 Å². The van der Waals surface area contributed by atoms with E-state index in [1.165, 1.54) is 5.71 Å². The summed E-state index contributed by atoms with van der Waals surface area (Å²) in [6.07, 6.45) is 1.05. The number of hydrogen-bond acceptors (Lipinski definition) is 1. The van der Waals surface area contributed by atoms with Gasteiger partial charge in [-0.2, -0.15) is 4.58 Å². The molecule has 0 atom stereocenters. The van der Waals surface area contributed by atoms with Crippen LogP contribution >= 0.6 is 0 Å². The van der Waals surface area contributed by atoms with E-state index in [-0.39, 0.29) is 16.4 Å². The number of benzene rings is 1. The lowest BCUT2D eigenvalue weighted by atomic mass is 9.80. The van der Waals surface area contributed by atoms with Crippen LogP contribution in [0, 0.1) is 5.41 Å². The van der Waals surface area contributed by atoms with E-state index in [0.29, 0.717) is 5.56 Å². The largest absolute Gasteiger partial charge is 0.478 e. The summed E-state index contributed by atoms with van der Waals surface area (Å²) in [5, 5.41) is 9.31. The molecule has 0 saturated heterocycles. The lowest BCUT2D eigenvalue weighted by Crippen LogP contribution is -2.40. The van der Waals surface area contributed by atoms with Crippen molar-refractivity contribution in [2.24, 2.45) is 5.41 Å². The molecule has 0 aromatic heterocycles. The second-order valence-electron chi connectivity index (χ2n) is 9.13. The monoisotopic (exact) mass is 316 g/mol. The summed E-state index contributed by atoms with van der Waals surface area (Å²) >= 11 is 0. The van der Waals surface area contributed by atoms with Crippen molar-refractivity contribution in [3.8, 4) is 0 Å². The molecule has 0 unspecified atom stereocenters. The molecule has 23 heavy (non-hydrogen) atoms. The Hall–Kier alpha value is -1.64. The minimum Gasteiger partial charge on any atom is -0.478 e. The Bertz CT molecular complexity index is 688. The summed E-state index contributed by atoms with van der Waals surface area (Å²) in [6, 6.07) is 5.53. The molecule has 0 amide bonds. The molecule has 2 rings (SSSR count). The summed E-state index contributed by atoms with van der Waals surface area (Å²) in [7, 11) is 0. The third kappa shape index (κ3) is 3.06. The lowest BCUT2D eigenvalue weighted by molar-refractivity contribution is -0.528. The highest BCUT2D eigenvalue weighted by molar-refractivity contribution is 5.95. The zero-order chi connectivity index (χ0) is 17.8. The van der Waals surface area contributed by atoms with E-state index in [4.69, 9.17) is 0 Å². The molecule has 0 aliphatic carbocycles. The van der Waals surface area contributed by atoms with Crippen molar-refractivity contribution < 1.29 is 14.5 Å². The summed E-state index contributed by atoms with van der Waals surface area (Å²) in [5.74, 6) is -0.867.